The number of aryl methyl sites for hydroxylation is 1. The fourth-order valence-electron chi connectivity index (χ4n) is 2.58. The van der Waals surface area contributed by atoms with Crippen LogP contribution in [-0.4, -0.2) is 12.6 Å². The van der Waals surface area contributed by atoms with E-state index in [4.69, 9.17) is 9.15 Å². The van der Waals surface area contributed by atoms with Crippen molar-refractivity contribution in [2.45, 2.75) is 64.6 Å². The minimum atomic E-state index is 0.622. The van der Waals surface area contributed by atoms with E-state index in [9.17, 15) is 0 Å². The number of hydrogen-bond donors (Lipinski definition) is 1. The first-order valence-corrected chi connectivity index (χ1v) is 7.70. The van der Waals surface area contributed by atoms with Crippen molar-refractivity contribution in [3.05, 3.63) is 23.2 Å². The summed E-state index contributed by atoms with van der Waals surface area (Å²) in [7, 11) is 0. The van der Waals surface area contributed by atoms with E-state index in [1.165, 1.54) is 44.1 Å². The molecule has 0 spiro atoms. The Hall–Kier alpha value is -0.800. The molecule has 0 aliphatic heterocycles. The Bertz CT molecular complexity index is 405. The minimum Gasteiger partial charge on any atom is -0.464 e. The maximum Gasteiger partial charge on any atom is 0.130 e. The maximum absolute atomic E-state index is 5.75. The van der Waals surface area contributed by atoms with Crippen molar-refractivity contribution in [2.75, 3.05) is 6.61 Å². The van der Waals surface area contributed by atoms with Gasteiger partial charge in [-0.3, -0.25) is 0 Å². The zero-order valence-electron chi connectivity index (χ0n) is 11.9. The van der Waals surface area contributed by atoms with E-state index in [1.807, 2.05) is 6.92 Å². The highest BCUT2D eigenvalue weighted by Crippen LogP contribution is 2.29. The van der Waals surface area contributed by atoms with Crippen LogP contribution >= 0.6 is 0 Å². The summed E-state index contributed by atoms with van der Waals surface area (Å²) in [5.74, 6) is 2.93. The average Bonchev–Trinajstić information content (AvgIpc) is 3.09. The molecule has 1 aromatic rings. The molecule has 0 radical (unpaired) electrons. The molecule has 3 heteroatoms. The van der Waals surface area contributed by atoms with Gasteiger partial charge < -0.3 is 14.5 Å². The van der Waals surface area contributed by atoms with E-state index in [1.54, 1.807) is 0 Å². The molecule has 3 rings (SSSR count). The van der Waals surface area contributed by atoms with Crippen LogP contribution in [-0.2, 0) is 17.9 Å². The van der Waals surface area contributed by atoms with Gasteiger partial charge in [-0.2, -0.15) is 0 Å². The van der Waals surface area contributed by atoms with Crippen LogP contribution in [0.1, 0.15) is 55.6 Å². The van der Waals surface area contributed by atoms with Crippen molar-refractivity contribution in [3.8, 4) is 0 Å². The number of furan rings is 1. The van der Waals surface area contributed by atoms with Gasteiger partial charge in [0.1, 0.15) is 18.1 Å². The SMILES string of the molecule is Cc1oc(COCCC2CCC2)cc1CNC1CC1. The number of ether oxygens (including phenoxy) is 1. The Kier molecular flexibility index (Phi) is 4.24. The molecule has 3 nitrogen and oxygen atoms in total. The van der Waals surface area contributed by atoms with Gasteiger partial charge in [-0.15, -0.1) is 0 Å². The highest BCUT2D eigenvalue weighted by Gasteiger charge is 2.21. The summed E-state index contributed by atoms with van der Waals surface area (Å²) in [6.45, 7) is 4.47. The molecule has 19 heavy (non-hydrogen) atoms. The topological polar surface area (TPSA) is 34.4 Å². The smallest absolute Gasteiger partial charge is 0.130 e. The van der Waals surface area contributed by atoms with E-state index in [-0.39, 0.29) is 0 Å². The van der Waals surface area contributed by atoms with Crippen molar-refractivity contribution < 1.29 is 9.15 Å². The summed E-state index contributed by atoms with van der Waals surface area (Å²) in [6, 6.07) is 2.89. The van der Waals surface area contributed by atoms with E-state index in [2.05, 4.69) is 11.4 Å². The number of rotatable bonds is 8. The summed E-state index contributed by atoms with van der Waals surface area (Å²) in [5, 5.41) is 3.52. The maximum atomic E-state index is 5.75. The molecule has 2 fully saturated rings. The standard InChI is InChI=1S/C16H25NO2/c1-12-14(10-17-15-5-6-15)9-16(19-12)11-18-8-7-13-3-2-4-13/h9,13,15,17H,2-8,10-11H2,1H3. The third-order valence-electron chi connectivity index (χ3n) is 4.37. The number of hydrogen-bond acceptors (Lipinski definition) is 3. The van der Waals surface area contributed by atoms with Gasteiger partial charge in [-0.05, 0) is 38.2 Å². The highest BCUT2D eigenvalue weighted by atomic mass is 16.5. The summed E-state index contributed by atoms with van der Waals surface area (Å²) >= 11 is 0. The second-order valence-electron chi connectivity index (χ2n) is 6.09. The fourth-order valence-corrected chi connectivity index (χ4v) is 2.58. The molecule has 2 saturated carbocycles. The second kappa shape index (κ2) is 6.10. The van der Waals surface area contributed by atoms with E-state index in [0.29, 0.717) is 6.61 Å². The molecule has 2 aliphatic rings. The van der Waals surface area contributed by atoms with Gasteiger partial charge in [-0.25, -0.2) is 0 Å². The van der Waals surface area contributed by atoms with Crippen molar-refractivity contribution >= 4 is 0 Å². The van der Waals surface area contributed by atoms with Crippen molar-refractivity contribution in [3.63, 3.8) is 0 Å². The second-order valence-corrected chi connectivity index (χ2v) is 6.09. The lowest BCUT2D eigenvalue weighted by Crippen LogP contribution is -2.15. The highest BCUT2D eigenvalue weighted by molar-refractivity contribution is 5.20. The zero-order valence-corrected chi connectivity index (χ0v) is 11.9. The predicted octanol–water partition coefficient (Wildman–Crippen LogP) is 3.55. The van der Waals surface area contributed by atoms with Crippen molar-refractivity contribution in [1.82, 2.24) is 5.32 Å². The molecule has 0 saturated heterocycles. The molecule has 0 amide bonds. The van der Waals surface area contributed by atoms with Gasteiger partial charge in [-0.1, -0.05) is 19.3 Å². The molecule has 0 atom stereocenters. The molecule has 1 heterocycles. The van der Waals surface area contributed by atoms with Crippen molar-refractivity contribution in [2.24, 2.45) is 5.92 Å². The molecule has 2 aliphatic carbocycles. The van der Waals surface area contributed by atoms with Gasteiger partial charge in [0.15, 0.2) is 0 Å². The first kappa shape index (κ1) is 13.2. The Balaban J connectivity index is 1.38. The molecular weight excluding hydrogens is 238 g/mol. The largest absolute Gasteiger partial charge is 0.464 e. The van der Waals surface area contributed by atoms with Crippen LogP contribution < -0.4 is 5.32 Å². The first-order valence-electron chi connectivity index (χ1n) is 7.70. The summed E-state index contributed by atoms with van der Waals surface area (Å²) < 4.78 is 11.5. The van der Waals surface area contributed by atoms with Gasteiger partial charge in [0.2, 0.25) is 0 Å². The van der Waals surface area contributed by atoms with Crippen LogP contribution in [0, 0.1) is 12.8 Å². The van der Waals surface area contributed by atoms with Crippen LogP contribution in [0.4, 0.5) is 0 Å². The van der Waals surface area contributed by atoms with Gasteiger partial charge in [0.05, 0.1) is 0 Å². The van der Waals surface area contributed by atoms with Crippen molar-refractivity contribution in [1.29, 1.82) is 0 Å². The van der Waals surface area contributed by atoms with Gasteiger partial charge >= 0.3 is 0 Å². The molecule has 1 aromatic heterocycles. The summed E-state index contributed by atoms with van der Waals surface area (Å²) in [4.78, 5) is 0. The van der Waals surface area contributed by atoms with Crippen LogP contribution in [0.3, 0.4) is 0 Å². The predicted molar refractivity (Wildman–Crippen MR) is 74.9 cm³/mol. The Morgan fingerprint density at radius 3 is 2.84 bits per heavy atom. The van der Waals surface area contributed by atoms with E-state index in [0.717, 1.165) is 36.6 Å². The van der Waals surface area contributed by atoms with Crippen LogP contribution in [0.15, 0.2) is 10.5 Å². The van der Waals surface area contributed by atoms with Crippen LogP contribution in [0.25, 0.3) is 0 Å². The third-order valence-corrected chi connectivity index (χ3v) is 4.37. The van der Waals surface area contributed by atoms with Crippen LogP contribution in [0.2, 0.25) is 0 Å². The quantitative estimate of drug-likeness (QED) is 0.728. The molecule has 1 N–H and O–H groups in total. The minimum absolute atomic E-state index is 0.622. The summed E-state index contributed by atoms with van der Waals surface area (Å²) in [6.07, 6.45) is 8.09. The molecule has 0 unspecified atom stereocenters. The van der Waals surface area contributed by atoms with E-state index >= 15 is 0 Å². The Labute approximate surface area is 115 Å². The monoisotopic (exact) mass is 263 g/mol. The Morgan fingerprint density at radius 2 is 2.16 bits per heavy atom. The Morgan fingerprint density at radius 1 is 1.32 bits per heavy atom. The molecule has 106 valence electrons. The lowest BCUT2D eigenvalue weighted by atomic mass is 9.83. The summed E-state index contributed by atoms with van der Waals surface area (Å²) in [5.41, 5.74) is 1.28. The lowest BCUT2D eigenvalue weighted by molar-refractivity contribution is 0.0832. The zero-order chi connectivity index (χ0) is 13.1. The average molecular weight is 263 g/mol. The molecular formula is C16H25NO2. The third kappa shape index (κ3) is 3.83. The number of nitrogens with one attached hydrogen (secondary N) is 1. The molecule has 0 aromatic carbocycles. The van der Waals surface area contributed by atoms with Crippen LogP contribution in [0.5, 0.6) is 0 Å². The van der Waals surface area contributed by atoms with Gasteiger partial charge in [0, 0.05) is 24.8 Å². The van der Waals surface area contributed by atoms with E-state index < -0.39 is 0 Å². The fraction of sp³-hybridized carbons (Fsp3) is 0.750. The lowest BCUT2D eigenvalue weighted by Gasteiger charge is -2.24. The normalized spacial score (nSPS) is 19.6. The first-order chi connectivity index (χ1) is 9.31. The molecule has 0 bridgehead atoms. The van der Waals surface area contributed by atoms with Gasteiger partial charge in [0.25, 0.3) is 0 Å².